The Hall–Kier alpha value is -2.98. The van der Waals surface area contributed by atoms with Crippen molar-refractivity contribution in [2.75, 3.05) is 23.8 Å². The molecule has 3 rings (SSSR count). The summed E-state index contributed by atoms with van der Waals surface area (Å²) in [7, 11) is 0. The van der Waals surface area contributed by atoms with Crippen molar-refractivity contribution in [1.82, 2.24) is 0 Å². The summed E-state index contributed by atoms with van der Waals surface area (Å²) in [5.74, 6) is 0.650. The third kappa shape index (κ3) is 6.32. The number of para-hydroxylation sites is 1. The Balaban J connectivity index is 1.39. The van der Waals surface area contributed by atoms with Crippen LogP contribution in [0.15, 0.2) is 78.9 Å². The number of rotatable bonds is 9. The summed E-state index contributed by atoms with van der Waals surface area (Å²) in [6.07, 6.45) is 1.95. The maximum absolute atomic E-state index is 12.1. The number of aryl methyl sites for hydroxylation is 1. The molecule has 0 aromatic heterocycles. The van der Waals surface area contributed by atoms with E-state index >= 15 is 0 Å². The van der Waals surface area contributed by atoms with Crippen molar-refractivity contribution < 1.29 is 9.53 Å². The molecule has 2 N–H and O–H groups in total. The molecule has 5 heteroatoms. The molecule has 0 saturated carbocycles. The average molecular weight is 395 g/mol. The quantitative estimate of drug-likeness (QED) is 0.477. The molecule has 4 nitrogen and oxygen atoms in total. The highest BCUT2D eigenvalue weighted by Crippen LogP contribution is 2.20. The number of amides is 1. The third-order valence-corrected chi connectivity index (χ3v) is 4.50. The van der Waals surface area contributed by atoms with E-state index in [4.69, 9.17) is 16.3 Å². The number of hydrogen-bond donors (Lipinski definition) is 2. The van der Waals surface area contributed by atoms with E-state index in [9.17, 15) is 4.79 Å². The van der Waals surface area contributed by atoms with Crippen LogP contribution in [0.25, 0.3) is 0 Å². The molecule has 0 spiro atoms. The Morgan fingerprint density at radius 3 is 2.36 bits per heavy atom. The van der Waals surface area contributed by atoms with Crippen molar-refractivity contribution in [2.45, 2.75) is 12.8 Å². The van der Waals surface area contributed by atoms with Crippen LogP contribution in [0.4, 0.5) is 11.4 Å². The minimum atomic E-state index is -0.142. The van der Waals surface area contributed by atoms with E-state index in [1.54, 1.807) is 6.07 Å². The summed E-state index contributed by atoms with van der Waals surface area (Å²) in [5.41, 5.74) is 2.77. The number of carbonyl (C=O) groups is 1. The van der Waals surface area contributed by atoms with E-state index in [0.29, 0.717) is 11.6 Å². The number of benzene rings is 3. The molecule has 0 bridgehead atoms. The van der Waals surface area contributed by atoms with Gasteiger partial charge in [-0.1, -0.05) is 54.1 Å². The topological polar surface area (TPSA) is 50.4 Å². The maximum atomic E-state index is 12.1. The van der Waals surface area contributed by atoms with Crippen LogP contribution in [-0.2, 0) is 11.2 Å². The number of ether oxygens (including phenoxy) is 1. The van der Waals surface area contributed by atoms with Crippen LogP contribution in [-0.4, -0.2) is 19.1 Å². The molecule has 0 unspecified atom stereocenters. The lowest BCUT2D eigenvalue weighted by Gasteiger charge is -2.10. The van der Waals surface area contributed by atoms with Gasteiger partial charge in [0, 0.05) is 5.69 Å². The van der Waals surface area contributed by atoms with Crippen LogP contribution >= 0.6 is 11.6 Å². The van der Waals surface area contributed by atoms with Crippen molar-refractivity contribution >= 4 is 28.9 Å². The van der Waals surface area contributed by atoms with Crippen LogP contribution in [0, 0.1) is 0 Å². The largest absolute Gasteiger partial charge is 0.494 e. The van der Waals surface area contributed by atoms with E-state index in [1.807, 2.05) is 60.7 Å². The SMILES string of the molecule is O=C(CNc1ccccc1Cl)Nc1ccc(OCCCc2ccccc2)cc1. The Labute approximate surface area is 170 Å². The molecular formula is C23H23ClN2O2. The van der Waals surface area contributed by atoms with Crippen LogP contribution in [0.1, 0.15) is 12.0 Å². The number of halogens is 1. The zero-order chi connectivity index (χ0) is 19.6. The molecule has 0 fully saturated rings. The number of anilines is 2. The van der Waals surface area contributed by atoms with Crippen molar-refractivity contribution in [3.05, 3.63) is 89.4 Å². The van der Waals surface area contributed by atoms with E-state index < -0.39 is 0 Å². The summed E-state index contributed by atoms with van der Waals surface area (Å²) < 4.78 is 5.77. The van der Waals surface area contributed by atoms with Crippen LogP contribution in [0.5, 0.6) is 5.75 Å². The van der Waals surface area contributed by atoms with E-state index in [-0.39, 0.29) is 12.5 Å². The smallest absolute Gasteiger partial charge is 0.243 e. The van der Waals surface area contributed by atoms with E-state index in [0.717, 1.165) is 30.0 Å². The first kappa shape index (κ1) is 19.8. The predicted octanol–water partition coefficient (Wildman–Crippen LogP) is 5.40. The highest BCUT2D eigenvalue weighted by atomic mass is 35.5. The molecule has 3 aromatic carbocycles. The lowest BCUT2D eigenvalue weighted by molar-refractivity contribution is -0.114. The fourth-order valence-electron chi connectivity index (χ4n) is 2.73. The molecule has 0 aliphatic carbocycles. The second kappa shape index (κ2) is 10.4. The molecule has 0 heterocycles. The van der Waals surface area contributed by atoms with Crippen molar-refractivity contribution in [3.63, 3.8) is 0 Å². The van der Waals surface area contributed by atoms with Gasteiger partial charge in [-0.05, 0) is 54.8 Å². The van der Waals surface area contributed by atoms with Crippen LogP contribution in [0.2, 0.25) is 5.02 Å². The fourth-order valence-corrected chi connectivity index (χ4v) is 2.93. The van der Waals surface area contributed by atoms with E-state index in [2.05, 4.69) is 22.8 Å². The molecule has 0 aliphatic rings. The van der Waals surface area contributed by atoms with Gasteiger partial charge in [-0.3, -0.25) is 4.79 Å². The standard InChI is InChI=1S/C23H23ClN2O2/c24-21-10-4-5-11-22(21)25-17-23(27)26-19-12-14-20(15-13-19)28-16-6-9-18-7-2-1-3-8-18/h1-5,7-8,10-15,25H,6,9,16-17H2,(H,26,27). The molecular weight excluding hydrogens is 372 g/mol. The average Bonchev–Trinajstić information content (AvgIpc) is 2.72. The van der Waals surface area contributed by atoms with Gasteiger partial charge in [-0.25, -0.2) is 0 Å². The van der Waals surface area contributed by atoms with Crippen molar-refractivity contribution in [2.24, 2.45) is 0 Å². The molecule has 0 aliphatic heterocycles. The van der Waals surface area contributed by atoms with Gasteiger partial charge in [-0.2, -0.15) is 0 Å². The monoisotopic (exact) mass is 394 g/mol. The molecule has 0 radical (unpaired) electrons. The van der Waals surface area contributed by atoms with Crippen molar-refractivity contribution in [1.29, 1.82) is 0 Å². The van der Waals surface area contributed by atoms with Gasteiger partial charge in [-0.15, -0.1) is 0 Å². The van der Waals surface area contributed by atoms with Gasteiger partial charge in [0.15, 0.2) is 0 Å². The fraction of sp³-hybridized carbons (Fsp3) is 0.174. The molecule has 0 saturated heterocycles. The van der Waals surface area contributed by atoms with Crippen molar-refractivity contribution in [3.8, 4) is 5.75 Å². The summed E-state index contributed by atoms with van der Waals surface area (Å²) in [4.78, 5) is 12.1. The number of hydrogen-bond acceptors (Lipinski definition) is 3. The molecule has 0 atom stereocenters. The third-order valence-electron chi connectivity index (χ3n) is 4.17. The maximum Gasteiger partial charge on any atom is 0.243 e. The lowest BCUT2D eigenvalue weighted by atomic mass is 10.1. The minimum Gasteiger partial charge on any atom is -0.494 e. The second-order valence-electron chi connectivity index (χ2n) is 6.34. The number of carbonyl (C=O) groups excluding carboxylic acids is 1. The van der Waals surface area contributed by atoms with Gasteiger partial charge >= 0.3 is 0 Å². The van der Waals surface area contributed by atoms with Crippen LogP contribution in [0.3, 0.4) is 0 Å². The molecule has 1 amide bonds. The molecule has 28 heavy (non-hydrogen) atoms. The Kier molecular flexibility index (Phi) is 7.33. The first-order chi connectivity index (χ1) is 13.7. The highest BCUT2D eigenvalue weighted by Gasteiger charge is 2.04. The normalized spacial score (nSPS) is 10.3. The molecule has 3 aromatic rings. The van der Waals surface area contributed by atoms with E-state index in [1.165, 1.54) is 5.56 Å². The van der Waals surface area contributed by atoms with Gasteiger partial charge in [0.25, 0.3) is 0 Å². The highest BCUT2D eigenvalue weighted by molar-refractivity contribution is 6.33. The Bertz CT molecular complexity index is 883. The summed E-state index contributed by atoms with van der Waals surface area (Å²) >= 11 is 6.06. The zero-order valence-electron chi connectivity index (χ0n) is 15.5. The Morgan fingerprint density at radius 2 is 1.61 bits per heavy atom. The molecule has 144 valence electrons. The van der Waals surface area contributed by atoms with Gasteiger partial charge in [0.05, 0.1) is 23.9 Å². The van der Waals surface area contributed by atoms with Crippen LogP contribution < -0.4 is 15.4 Å². The lowest BCUT2D eigenvalue weighted by Crippen LogP contribution is -2.21. The first-order valence-corrected chi connectivity index (χ1v) is 9.63. The van der Waals surface area contributed by atoms with Gasteiger partial charge in [0.1, 0.15) is 5.75 Å². The minimum absolute atomic E-state index is 0.140. The summed E-state index contributed by atoms with van der Waals surface area (Å²) in [6.45, 7) is 0.795. The predicted molar refractivity (Wildman–Crippen MR) is 115 cm³/mol. The van der Waals surface area contributed by atoms with Gasteiger partial charge in [0.2, 0.25) is 5.91 Å². The first-order valence-electron chi connectivity index (χ1n) is 9.26. The second-order valence-corrected chi connectivity index (χ2v) is 6.75. The summed E-state index contributed by atoms with van der Waals surface area (Å²) in [6, 6.07) is 25.1. The Morgan fingerprint density at radius 1 is 0.893 bits per heavy atom. The summed E-state index contributed by atoms with van der Waals surface area (Å²) in [5, 5.41) is 6.46. The zero-order valence-corrected chi connectivity index (χ0v) is 16.3. The number of nitrogens with one attached hydrogen (secondary N) is 2. The van der Waals surface area contributed by atoms with Gasteiger partial charge < -0.3 is 15.4 Å².